The van der Waals surface area contributed by atoms with Gasteiger partial charge in [0.25, 0.3) is 0 Å². The Hall–Kier alpha value is -0.0800. The summed E-state index contributed by atoms with van der Waals surface area (Å²) in [5.41, 5.74) is 0.752. The van der Waals surface area contributed by atoms with E-state index in [1.807, 2.05) is 0 Å². The van der Waals surface area contributed by atoms with Gasteiger partial charge in [0.1, 0.15) is 0 Å². The molecule has 0 amide bonds. The van der Waals surface area contributed by atoms with Crippen molar-refractivity contribution < 1.29 is 0 Å². The van der Waals surface area contributed by atoms with Crippen LogP contribution in [0.3, 0.4) is 0 Å². The molecule has 1 aliphatic heterocycles. The van der Waals surface area contributed by atoms with Gasteiger partial charge in [-0.25, -0.2) is 0 Å². The molecule has 0 radical (unpaired) electrons. The minimum atomic E-state index is 0.752. The van der Waals surface area contributed by atoms with E-state index in [4.69, 9.17) is 0 Å². The molecule has 0 unspecified atom stereocenters. The second-order valence-electron chi connectivity index (χ2n) is 10.0. The normalized spacial score (nSPS) is 45.7. The lowest BCUT2D eigenvalue weighted by molar-refractivity contribution is -0.0751. The van der Waals surface area contributed by atoms with Gasteiger partial charge in [0.15, 0.2) is 0 Å². The minimum Gasteiger partial charge on any atom is -0.300 e. The number of nitrogens with zero attached hydrogens (tertiary/aromatic N) is 2. The maximum absolute atomic E-state index is 2.87. The first kappa shape index (κ1) is 15.2. The van der Waals surface area contributed by atoms with Crippen molar-refractivity contribution in [1.82, 2.24) is 9.80 Å². The van der Waals surface area contributed by atoms with Crippen molar-refractivity contribution in [2.45, 2.75) is 76.7 Å². The van der Waals surface area contributed by atoms with Crippen LogP contribution in [0.4, 0.5) is 0 Å². The average Bonchev–Trinajstić information content (AvgIpc) is 2.55. The Kier molecular flexibility index (Phi) is 3.98. The van der Waals surface area contributed by atoms with E-state index in [-0.39, 0.29) is 0 Å². The van der Waals surface area contributed by atoms with Crippen molar-refractivity contribution in [3.63, 3.8) is 0 Å². The zero-order valence-corrected chi connectivity index (χ0v) is 15.0. The van der Waals surface area contributed by atoms with E-state index in [1.54, 1.807) is 38.5 Å². The first-order valence-corrected chi connectivity index (χ1v) is 10.7. The molecule has 0 atom stereocenters. The van der Waals surface area contributed by atoms with Gasteiger partial charge in [-0.1, -0.05) is 19.3 Å². The second kappa shape index (κ2) is 6.02. The lowest BCUT2D eigenvalue weighted by Crippen LogP contribution is -2.56. The van der Waals surface area contributed by atoms with Crippen molar-refractivity contribution >= 4 is 0 Å². The summed E-state index contributed by atoms with van der Waals surface area (Å²) in [6.07, 6.45) is 17.0. The molecule has 1 heterocycles. The van der Waals surface area contributed by atoms with Gasteiger partial charge in [0, 0.05) is 38.8 Å². The molecule has 1 saturated heterocycles. The number of hydrogen-bond acceptors (Lipinski definition) is 2. The SMILES string of the molecule is C1CCC(N2CCN(CC34CC5CC(CC(C5)C3)C4)CC2)CC1. The molecular formula is C21H36N2. The lowest BCUT2D eigenvalue weighted by Gasteiger charge is -2.58. The molecule has 0 aromatic heterocycles. The molecule has 23 heavy (non-hydrogen) atoms. The van der Waals surface area contributed by atoms with Crippen LogP contribution in [0.15, 0.2) is 0 Å². The molecule has 2 heteroatoms. The Balaban J connectivity index is 1.17. The van der Waals surface area contributed by atoms with Crippen LogP contribution in [0.25, 0.3) is 0 Å². The highest BCUT2D eigenvalue weighted by molar-refractivity contribution is 5.02. The number of rotatable bonds is 3. The van der Waals surface area contributed by atoms with Gasteiger partial charge in [-0.3, -0.25) is 4.90 Å². The summed E-state index contributed by atoms with van der Waals surface area (Å²) in [5.74, 6) is 3.35. The maximum Gasteiger partial charge on any atom is 0.0113 e. The van der Waals surface area contributed by atoms with Gasteiger partial charge in [-0.15, -0.1) is 0 Å². The van der Waals surface area contributed by atoms with E-state index in [0.29, 0.717) is 0 Å². The topological polar surface area (TPSA) is 6.48 Å². The van der Waals surface area contributed by atoms with Gasteiger partial charge in [-0.05, 0) is 74.5 Å². The summed E-state index contributed by atoms with van der Waals surface area (Å²) in [7, 11) is 0. The lowest BCUT2D eigenvalue weighted by atomic mass is 9.49. The predicted molar refractivity (Wildman–Crippen MR) is 95.5 cm³/mol. The van der Waals surface area contributed by atoms with Crippen LogP contribution < -0.4 is 0 Å². The summed E-state index contributed by atoms with van der Waals surface area (Å²) in [4.78, 5) is 5.71. The molecule has 0 spiro atoms. The maximum atomic E-state index is 2.87. The first-order valence-electron chi connectivity index (χ1n) is 10.7. The third-order valence-corrected chi connectivity index (χ3v) is 8.22. The minimum absolute atomic E-state index is 0.752. The molecular weight excluding hydrogens is 280 g/mol. The zero-order valence-electron chi connectivity index (χ0n) is 15.0. The molecule has 4 bridgehead atoms. The number of piperazine rings is 1. The average molecular weight is 317 g/mol. The summed E-state index contributed by atoms with van der Waals surface area (Å²) in [6.45, 7) is 6.89. The molecule has 6 aliphatic rings. The van der Waals surface area contributed by atoms with Crippen molar-refractivity contribution in [2.24, 2.45) is 23.2 Å². The van der Waals surface area contributed by atoms with Crippen LogP contribution in [0.5, 0.6) is 0 Å². The second-order valence-corrected chi connectivity index (χ2v) is 10.0. The Bertz CT molecular complexity index is 382. The van der Waals surface area contributed by atoms with Crippen LogP contribution in [0.2, 0.25) is 0 Å². The van der Waals surface area contributed by atoms with Crippen LogP contribution in [-0.4, -0.2) is 48.6 Å². The van der Waals surface area contributed by atoms with E-state index < -0.39 is 0 Å². The van der Waals surface area contributed by atoms with Gasteiger partial charge >= 0.3 is 0 Å². The van der Waals surface area contributed by atoms with Crippen molar-refractivity contribution in [2.75, 3.05) is 32.7 Å². The molecule has 0 aromatic carbocycles. The molecule has 6 fully saturated rings. The monoisotopic (exact) mass is 316 g/mol. The first-order chi connectivity index (χ1) is 11.3. The smallest absolute Gasteiger partial charge is 0.0113 e. The summed E-state index contributed by atoms with van der Waals surface area (Å²) in [6, 6.07) is 0.936. The summed E-state index contributed by atoms with van der Waals surface area (Å²) in [5, 5.41) is 0. The van der Waals surface area contributed by atoms with E-state index in [1.165, 1.54) is 64.8 Å². The Morgan fingerprint density at radius 2 is 1.26 bits per heavy atom. The van der Waals surface area contributed by atoms with E-state index in [9.17, 15) is 0 Å². The molecule has 5 aliphatic carbocycles. The van der Waals surface area contributed by atoms with Gasteiger partial charge < -0.3 is 4.90 Å². The van der Waals surface area contributed by atoms with Crippen molar-refractivity contribution in [3.05, 3.63) is 0 Å². The van der Waals surface area contributed by atoms with Crippen LogP contribution >= 0.6 is 0 Å². The predicted octanol–water partition coefficient (Wildman–Crippen LogP) is 4.15. The fourth-order valence-corrected chi connectivity index (χ4v) is 7.69. The van der Waals surface area contributed by atoms with Gasteiger partial charge in [-0.2, -0.15) is 0 Å². The third-order valence-electron chi connectivity index (χ3n) is 8.22. The zero-order chi connectivity index (χ0) is 15.3. The highest BCUT2D eigenvalue weighted by Gasteiger charge is 2.51. The fourth-order valence-electron chi connectivity index (χ4n) is 7.69. The van der Waals surface area contributed by atoms with Crippen LogP contribution in [-0.2, 0) is 0 Å². The molecule has 130 valence electrons. The van der Waals surface area contributed by atoms with E-state index >= 15 is 0 Å². The molecule has 2 nitrogen and oxygen atoms in total. The van der Waals surface area contributed by atoms with Crippen LogP contribution in [0, 0.1) is 23.2 Å². The largest absolute Gasteiger partial charge is 0.300 e. The van der Waals surface area contributed by atoms with Gasteiger partial charge in [0.05, 0.1) is 0 Å². The van der Waals surface area contributed by atoms with Crippen molar-refractivity contribution in [3.8, 4) is 0 Å². The fraction of sp³-hybridized carbons (Fsp3) is 1.00. The molecule has 0 aromatic rings. The van der Waals surface area contributed by atoms with E-state index in [0.717, 1.165) is 29.2 Å². The Labute approximate surface area is 143 Å². The van der Waals surface area contributed by atoms with E-state index in [2.05, 4.69) is 9.80 Å². The third kappa shape index (κ3) is 2.99. The highest BCUT2D eigenvalue weighted by atomic mass is 15.3. The molecule has 5 saturated carbocycles. The summed E-state index contributed by atoms with van der Waals surface area (Å²) >= 11 is 0. The Morgan fingerprint density at radius 3 is 1.83 bits per heavy atom. The summed E-state index contributed by atoms with van der Waals surface area (Å²) < 4.78 is 0. The Morgan fingerprint density at radius 1 is 0.696 bits per heavy atom. The number of hydrogen-bond donors (Lipinski definition) is 0. The van der Waals surface area contributed by atoms with Crippen LogP contribution in [0.1, 0.15) is 70.6 Å². The molecule has 6 rings (SSSR count). The van der Waals surface area contributed by atoms with Gasteiger partial charge in [0.2, 0.25) is 0 Å². The quantitative estimate of drug-likeness (QED) is 0.771. The van der Waals surface area contributed by atoms with Crippen molar-refractivity contribution in [1.29, 1.82) is 0 Å². The standard InChI is InChI=1S/C21H36N2/c1-2-4-20(5-3-1)23-8-6-22(7-9-23)16-21-13-17-10-18(14-21)12-19(11-17)15-21/h17-20H,1-16H2. The molecule has 0 N–H and O–H groups in total. The highest BCUT2D eigenvalue weighted by Crippen LogP contribution is 2.60.